The summed E-state index contributed by atoms with van der Waals surface area (Å²) >= 11 is 0. The van der Waals surface area contributed by atoms with Crippen LogP contribution < -0.4 is 10.9 Å². The maximum absolute atomic E-state index is 12.9. The molecule has 1 heterocycles. The van der Waals surface area contributed by atoms with E-state index in [1.807, 2.05) is 18.2 Å². The summed E-state index contributed by atoms with van der Waals surface area (Å²) in [5, 5.41) is 2.79. The van der Waals surface area contributed by atoms with Gasteiger partial charge in [-0.3, -0.25) is 14.0 Å². The van der Waals surface area contributed by atoms with Crippen LogP contribution in [-0.2, 0) is 11.6 Å². The number of anilines is 1. The van der Waals surface area contributed by atoms with E-state index in [1.165, 1.54) is 4.68 Å². The van der Waals surface area contributed by atoms with Gasteiger partial charge in [0, 0.05) is 7.05 Å². The highest BCUT2D eigenvalue weighted by Gasteiger charge is 2.32. The van der Waals surface area contributed by atoms with Gasteiger partial charge in [0.05, 0.1) is 11.4 Å². The SMILES string of the molecule is Cc1c(N[C@H](c2ccccc2)P(=O)(O)O)c(=O)n(-c2ccccc2)n1C. The Balaban J connectivity index is 2.10. The van der Waals surface area contributed by atoms with Crippen molar-refractivity contribution in [2.45, 2.75) is 12.7 Å². The molecule has 0 spiro atoms. The molecule has 0 unspecified atom stereocenters. The number of nitrogens with one attached hydrogen (secondary N) is 1. The number of hydrogen-bond donors (Lipinski definition) is 3. The van der Waals surface area contributed by atoms with E-state index < -0.39 is 13.4 Å². The Hall–Kier alpha value is -2.60. The normalized spacial score (nSPS) is 12.8. The minimum Gasteiger partial charge on any atom is -0.362 e. The highest BCUT2D eigenvalue weighted by molar-refractivity contribution is 7.52. The summed E-state index contributed by atoms with van der Waals surface area (Å²) in [5.41, 5.74) is 1.45. The lowest BCUT2D eigenvalue weighted by molar-refractivity contribution is 0.363. The number of para-hydroxylation sites is 1. The van der Waals surface area contributed by atoms with E-state index in [2.05, 4.69) is 5.32 Å². The van der Waals surface area contributed by atoms with E-state index >= 15 is 0 Å². The molecule has 0 fully saturated rings. The van der Waals surface area contributed by atoms with Crippen LogP contribution in [0, 0.1) is 6.92 Å². The first-order chi connectivity index (χ1) is 12.3. The van der Waals surface area contributed by atoms with Gasteiger partial charge in [0.1, 0.15) is 5.69 Å². The Labute approximate surface area is 150 Å². The van der Waals surface area contributed by atoms with Gasteiger partial charge in [-0.1, -0.05) is 48.5 Å². The van der Waals surface area contributed by atoms with Crippen LogP contribution in [-0.4, -0.2) is 19.2 Å². The summed E-state index contributed by atoms with van der Waals surface area (Å²) in [6.07, 6.45) is 0. The monoisotopic (exact) mass is 373 g/mol. The van der Waals surface area contributed by atoms with Crippen LogP contribution in [0.15, 0.2) is 65.5 Å². The van der Waals surface area contributed by atoms with Crippen LogP contribution >= 0.6 is 7.60 Å². The van der Waals surface area contributed by atoms with Gasteiger partial charge in [-0.15, -0.1) is 0 Å². The largest absolute Gasteiger partial charge is 0.362 e. The van der Waals surface area contributed by atoms with Gasteiger partial charge >= 0.3 is 7.60 Å². The molecule has 1 atom stereocenters. The molecule has 3 aromatic rings. The summed E-state index contributed by atoms with van der Waals surface area (Å²) in [5.74, 6) is -1.30. The van der Waals surface area contributed by atoms with E-state index in [0.717, 1.165) is 0 Å². The summed E-state index contributed by atoms with van der Waals surface area (Å²) < 4.78 is 15.1. The van der Waals surface area contributed by atoms with E-state index in [0.29, 0.717) is 16.9 Å². The quantitative estimate of drug-likeness (QED) is 0.598. The van der Waals surface area contributed by atoms with Crippen molar-refractivity contribution in [3.8, 4) is 5.69 Å². The van der Waals surface area contributed by atoms with Crippen molar-refractivity contribution < 1.29 is 14.4 Å². The Morgan fingerprint density at radius 3 is 2.08 bits per heavy atom. The van der Waals surface area contributed by atoms with E-state index in [1.54, 1.807) is 61.1 Å². The van der Waals surface area contributed by atoms with Gasteiger partial charge in [-0.25, -0.2) is 4.68 Å². The fourth-order valence-electron chi connectivity index (χ4n) is 2.87. The van der Waals surface area contributed by atoms with Gasteiger partial charge in [0.25, 0.3) is 5.56 Å². The minimum absolute atomic E-state index is 0.161. The first-order valence-electron chi connectivity index (χ1n) is 8.01. The summed E-state index contributed by atoms with van der Waals surface area (Å²) in [6.45, 7) is 1.73. The lowest BCUT2D eigenvalue weighted by atomic mass is 10.2. The zero-order chi connectivity index (χ0) is 18.9. The van der Waals surface area contributed by atoms with Crippen molar-refractivity contribution in [3.05, 3.63) is 82.3 Å². The molecule has 0 aliphatic rings. The number of benzene rings is 2. The van der Waals surface area contributed by atoms with E-state index in [-0.39, 0.29) is 11.2 Å². The average molecular weight is 373 g/mol. The van der Waals surface area contributed by atoms with Crippen molar-refractivity contribution in [3.63, 3.8) is 0 Å². The van der Waals surface area contributed by atoms with E-state index in [9.17, 15) is 19.1 Å². The van der Waals surface area contributed by atoms with Crippen LogP contribution in [0.4, 0.5) is 5.69 Å². The van der Waals surface area contributed by atoms with Gasteiger partial charge in [0.2, 0.25) is 0 Å². The summed E-state index contributed by atoms with van der Waals surface area (Å²) in [4.78, 5) is 32.5. The molecular formula is C18H20N3O4P. The molecule has 0 amide bonds. The van der Waals surface area contributed by atoms with Crippen LogP contribution in [0.25, 0.3) is 5.69 Å². The Kier molecular flexibility index (Phi) is 4.87. The molecule has 0 saturated carbocycles. The molecule has 1 aromatic heterocycles. The molecule has 0 bridgehead atoms. The molecule has 0 aliphatic carbocycles. The Morgan fingerprint density at radius 1 is 1.00 bits per heavy atom. The lowest BCUT2D eigenvalue weighted by Gasteiger charge is -2.20. The van der Waals surface area contributed by atoms with Crippen molar-refractivity contribution >= 4 is 13.3 Å². The van der Waals surface area contributed by atoms with Crippen molar-refractivity contribution in [1.82, 2.24) is 9.36 Å². The molecule has 2 aromatic carbocycles. The molecule has 26 heavy (non-hydrogen) atoms. The third kappa shape index (κ3) is 3.37. The summed E-state index contributed by atoms with van der Waals surface area (Å²) in [6, 6.07) is 17.5. The minimum atomic E-state index is -4.55. The van der Waals surface area contributed by atoms with Crippen LogP contribution in [0.2, 0.25) is 0 Å². The molecule has 0 radical (unpaired) electrons. The predicted molar refractivity (Wildman–Crippen MR) is 101 cm³/mol. The van der Waals surface area contributed by atoms with Crippen LogP contribution in [0.3, 0.4) is 0 Å². The molecule has 7 nitrogen and oxygen atoms in total. The number of rotatable bonds is 5. The van der Waals surface area contributed by atoms with Crippen molar-refractivity contribution in [2.24, 2.45) is 7.05 Å². The second kappa shape index (κ2) is 6.96. The molecule has 136 valence electrons. The third-order valence-electron chi connectivity index (χ3n) is 4.29. The number of hydrogen-bond acceptors (Lipinski definition) is 3. The number of nitrogens with zero attached hydrogens (tertiary/aromatic N) is 2. The maximum atomic E-state index is 12.9. The zero-order valence-corrected chi connectivity index (χ0v) is 15.3. The molecule has 3 N–H and O–H groups in total. The second-order valence-corrected chi connectivity index (χ2v) is 7.68. The second-order valence-electron chi connectivity index (χ2n) is 5.98. The fraction of sp³-hybridized carbons (Fsp3) is 0.167. The maximum Gasteiger partial charge on any atom is 0.352 e. The molecule has 0 aliphatic heterocycles. The average Bonchev–Trinajstić information content (AvgIpc) is 2.83. The molecule has 0 saturated heterocycles. The third-order valence-corrected chi connectivity index (χ3v) is 5.39. The lowest BCUT2D eigenvalue weighted by Crippen LogP contribution is -2.22. The smallest absolute Gasteiger partial charge is 0.352 e. The molecule has 8 heteroatoms. The van der Waals surface area contributed by atoms with Gasteiger partial charge < -0.3 is 15.1 Å². The molecular weight excluding hydrogens is 353 g/mol. The van der Waals surface area contributed by atoms with Crippen LogP contribution in [0.1, 0.15) is 17.0 Å². The highest BCUT2D eigenvalue weighted by Crippen LogP contribution is 2.51. The van der Waals surface area contributed by atoms with Gasteiger partial charge in [-0.2, -0.15) is 0 Å². The number of aromatic nitrogens is 2. The van der Waals surface area contributed by atoms with Crippen molar-refractivity contribution in [2.75, 3.05) is 5.32 Å². The first kappa shape index (κ1) is 18.2. The highest BCUT2D eigenvalue weighted by atomic mass is 31.2. The standard InChI is InChI=1S/C18H20N3O4P/c1-13-16(18(22)21(20(13)2)15-11-7-4-8-12-15)19-17(26(23,24)25)14-9-5-3-6-10-14/h3-12,17,19H,1-2H3,(H2,23,24,25)/t17-/m0/s1. The topological polar surface area (TPSA) is 96.5 Å². The fourth-order valence-corrected chi connectivity index (χ4v) is 3.73. The van der Waals surface area contributed by atoms with Crippen LogP contribution in [0.5, 0.6) is 0 Å². The molecule has 3 rings (SSSR count). The Morgan fingerprint density at radius 2 is 1.54 bits per heavy atom. The van der Waals surface area contributed by atoms with Crippen molar-refractivity contribution in [1.29, 1.82) is 0 Å². The summed E-state index contributed by atoms with van der Waals surface area (Å²) in [7, 11) is -2.82. The zero-order valence-electron chi connectivity index (χ0n) is 14.4. The Bertz CT molecular complexity index is 1010. The predicted octanol–water partition coefficient (Wildman–Crippen LogP) is 2.77. The van der Waals surface area contributed by atoms with E-state index in [4.69, 9.17) is 0 Å². The van der Waals surface area contributed by atoms with Gasteiger partial charge in [0.15, 0.2) is 5.78 Å². The van der Waals surface area contributed by atoms with Gasteiger partial charge in [-0.05, 0) is 24.6 Å². The first-order valence-corrected chi connectivity index (χ1v) is 9.69.